The zero-order chi connectivity index (χ0) is 24.0. The first-order chi connectivity index (χ1) is 15.7. The van der Waals surface area contributed by atoms with E-state index >= 15 is 0 Å². The summed E-state index contributed by atoms with van der Waals surface area (Å²) in [5.41, 5.74) is 2.90. The fourth-order valence-electron chi connectivity index (χ4n) is 4.01. The van der Waals surface area contributed by atoms with Crippen molar-refractivity contribution in [3.05, 3.63) is 59.7 Å². The molecular weight excluding hydrogens is 424 g/mol. The molecule has 0 bridgehead atoms. The van der Waals surface area contributed by atoms with Crippen LogP contribution in [0.3, 0.4) is 0 Å². The Morgan fingerprint density at radius 1 is 1.06 bits per heavy atom. The molecule has 0 saturated heterocycles. The van der Waals surface area contributed by atoms with Gasteiger partial charge in [0.1, 0.15) is 6.61 Å². The van der Waals surface area contributed by atoms with Crippen LogP contribution in [-0.4, -0.2) is 53.0 Å². The second-order valence-electron chi connectivity index (χ2n) is 8.61. The number of hydrogen-bond donors (Lipinski definition) is 4. The third kappa shape index (κ3) is 5.70. The number of aliphatic hydroxyl groups is 1. The van der Waals surface area contributed by atoms with Crippen LogP contribution < -0.4 is 10.6 Å². The molecule has 0 aliphatic heterocycles. The van der Waals surface area contributed by atoms with Crippen LogP contribution in [0.25, 0.3) is 11.1 Å². The molecule has 176 valence electrons. The molecule has 0 fully saturated rings. The van der Waals surface area contributed by atoms with Gasteiger partial charge in [0.05, 0.1) is 6.61 Å². The van der Waals surface area contributed by atoms with E-state index in [4.69, 9.17) is 9.84 Å². The minimum Gasteiger partial charge on any atom is -0.479 e. The van der Waals surface area contributed by atoms with Crippen LogP contribution in [0, 0.1) is 0 Å². The average Bonchev–Trinajstić information content (AvgIpc) is 3.11. The molecule has 0 radical (unpaired) electrons. The summed E-state index contributed by atoms with van der Waals surface area (Å²) >= 11 is 0. The van der Waals surface area contributed by atoms with E-state index in [1.54, 1.807) is 0 Å². The molecule has 2 aromatic carbocycles. The van der Waals surface area contributed by atoms with Crippen molar-refractivity contribution in [2.75, 3.05) is 13.2 Å². The second kappa shape index (κ2) is 10.5. The normalized spacial score (nSPS) is 15.0. The molecule has 4 N–H and O–H groups in total. The first-order valence-corrected chi connectivity index (χ1v) is 11.0. The Labute approximate surface area is 193 Å². The van der Waals surface area contributed by atoms with Gasteiger partial charge in [-0.25, -0.2) is 9.59 Å². The molecule has 2 unspecified atom stereocenters. The van der Waals surface area contributed by atoms with Crippen molar-refractivity contribution in [2.45, 2.75) is 50.6 Å². The number of carbonyl (C=O) groups is 3. The topological polar surface area (TPSA) is 125 Å². The van der Waals surface area contributed by atoms with Gasteiger partial charge in [0.15, 0.2) is 5.54 Å². The molecule has 33 heavy (non-hydrogen) atoms. The highest BCUT2D eigenvalue weighted by Gasteiger charge is 2.34. The van der Waals surface area contributed by atoms with E-state index < -0.39 is 30.1 Å². The van der Waals surface area contributed by atoms with Crippen LogP contribution in [0.2, 0.25) is 0 Å². The van der Waals surface area contributed by atoms with Crippen molar-refractivity contribution in [1.29, 1.82) is 0 Å². The van der Waals surface area contributed by atoms with E-state index in [2.05, 4.69) is 34.9 Å². The number of rotatable bonds is 10. The molecule has 0 heterocycles. The number of benzene rings is 2. The largest absolute Gasteiger partial charge is 0.479 e. The van der Waals surface area contributed by atoms with Crippen LogP contribution in [0.5, 0.6) is 0 Å². The summed E-state index contributed by atoms with van der Waals surface area (Å²) in [7, 11) is 0. The van der Waals surface area contributed by atoms with E-state index in [1.807, 2.05) is 31.2 Å². The van der Waals surface area contributed by atoms with Crippen molar-refractivity contribution in [2.24, 2.45) is 0 Å². The molecule has 8 heteroatoms. The van der Waals surface area contributed by atoms with Crippen molar-refractivity contribution in [3.8, 4) is 11.1 Å². The summed E-state index contributed by atoms with van der Waals surface area (Å²) in [6, 6.07) is 16.0. The third-order valence-corrected chi connectivity index (χ3v) is 5.95. The zero-order valence-corrected chi connectivity index (χ0v) is 18.8. The van der Waals surface area contributed by atoms with Crippen molar-refractivity contribution in [1.82, 2.24) is 10.6 Å². The quantitative estimate of drug-likeness (QED) is 0.437. The Kier molecular flexibility index (Phi) is 7.71. The monoisotopic (exact) mass is 454 g/mol. The predicted octanol–water partition coefficient (Wildman–Crippen LogP) is 3.04. The molecule has 2 atom stereocenters. The number of fused-ring (bicyclic) bond motifs is 3. The van der Waals surface area contributed by atoms with Crippen LogP contribution in [0.4, 0.5) is 4.79 Å². The van der Waals surface area contributed by atoms with Gasteiger partial charge in [0, 0.05) is 18.4 Å². The molecule has 2 aromatic rings. The number of aliphatic carboxylic acids is 1. The predicted molar refractivity (Wildman–Crippen MR) is 123 cm³/mol. The number of carboxylic acid groups (broad SMARTS) is 1. The lowest BCUT2D eigenvalue weighted by molar-refractivity contribution is -0.148. The summed E-state index contributed by atoms with van der Waals surface area (Å²) in [5.74, 6) is -1.79. The van der Waals surface area contributed by atoms with Gasteiger partial charge in [-0.2, -0.15) is 0 Å². The van der Waals surface area contributed by atoms with Gasteiger partial charge in [0.25, 0.3) is 0 Å². The zero-order valence-electron chi connectivity index (χ0n) is 18.8. The van der Waals surface area contributed by atoms with Gasteiger partial charge in [-0.05, 0) is 48.9 Å². The Balaban J connectivity index is 1.44. The van der Waals surface area contributed by atoms with Gasteiger partial charge < -0.3 is 25.6 Å². The standard InChI is InChI=1S/C25H30N2O6/c1-16(8-7-13-22(29)27-25(2,15-28)23(30)31)26-24(32)33-14-21-19-11-5-3-9-17(19)18-10-4-6-12-20(18)21/h3-6,9-12,16,21,28H,7-8,13-15H2,1-2H3,(H,26,32)(H,27,29)(H,30,31). The Hall–Kier alpha value is -3.39. The Morgan fingerprint density at radius 3 is 2.18 bits per heavy atom. The minimum absolute atomic E-state index is 0.0165. The lowest BCUT2D eigenvalue weighted by Crippen LogP contribution is -2.54. The molecular formula is C25H30N2O6. The number of carboxylic acids is 1. The van der Waals surface area contributed by atoms with Gasteiger partial charge in [-0.15, -0.1) is 0 Å². The summed E-state index contributed by atoms with van der Waals surface area (Å²) < 4.78 is 5.52. The fourth-order valence-corrected chi connectivity index (χ4v) is 4.01. The maximum atomic E-state index is 12.3. The summed E-state index contributed by atoms with van der Waals surface area (Å²) in [6.45, 7) is 2.58. The molecule has 8 nitrogen and oxygen atoms in total. The van der Waals surface area contributed by atoms with Crippen LogP contribution in [0.1, 0.15) is 50.2 Å². The van der Waals surface area contributed by atoms with Gasteiger partial charge in [-0.1, -0.05) is 48.5 Å². The number of carbonyl (C=O) groups excluding carboxylic acids is 2. The van der Waals surface area contributed by atoms with Crippen molar-refractivity contribution >= 4 is 18.0 Å². The van der Waals surface area contributed by atoms with E-state index in [-0.39, 0.29) is 25.0 Å². The van der Waals surface area contributed by atoms with E-state index in [9.17, 15) is 19.5 Å². The number of ether oxygens (including phenoxy) is 1. The number of hydrogen-bond acceptors (Lipinski definition) is 5. The van der Waals surface area contributed by atoms with Crippen molar-refractivity contribution < 1.29 is 29.3 Å². The van der Waals surface area contributed by atoms with E-state index in [1.165, 1.54) is 6.92 Å². The van der Waals surface area contributed by atoms with Gasteiger partial charge in [0.2, 0.25) is 5.91 Å². The third-order valence-electron chi connectivity index (χ3n) is 5.95. The molecule has 1 aliphatic carbocycles. The number of aliphatic hydroxyl groups excluding tert-OH is 1. The molecule has 2 amide bonds. The lowest BCUT2D eigenvalue weighted by Gasteiger charge is -2.23. The first kappa shape index (κ1) is 24.3. The lowest BCUT2D eigenvalue weighted by atomic mass is 9.98. The number of alkyl carbamates (subject to hydrolysis) is 1. The highest BCUT2D eigenvalue weighted by molar-refractivity contribution is 5.86. The Bertz CT molecular complexity index is 978. The van der Waals surface area contributed by atoms with E-state index in [0.717, 1.165) is 22.3 Å². The molecule has 0 aromatic heterocycles. The van der Waals surface area contributed by atoms with Gasteiger partial charge in [-0.3, -0.25) is 4.79 Å². The van der Waals surface area contributed by atoms with Crippen LogP contribution in [0.15, 0.2) is 48.5 Å². The highest BCUT2D eigenvalue weighted by Crippen LogP contribution is 2.44. The summed E-state index contributed by atoms with van der Waals surface area (Å²) in [5, 5.41) is 23.4. The SMILES string of the molecule is CC(CCCC(=O)NC(C)(CO)C(=O)O)NC(=O)OCC1c2ccccc2-c2ccccc21. The molecule has 0 saturated carbocycles. The highest BCUT2D eigenvalue weighted by atomic mass is 16.5. The molecule has 3 rings (SSSR count). The molecule has 1 aliphatic rings. The van der Waals surface area contributed by atoms with Crippen LogP contribution in [-0.2, 0) is 14.3 Å². The summed E-state index contributed by atoms with van der Waals surface area (Å²) in [6.07, 6.45) is 0.519. The van der Waals surface area contributed by atoms with Gasteiger partial charge >= 0.3 is 12.1 Å². The fraction of sp³-hybridized carbons (Fsp3) is 0.400. The second-order valence-corrected chi connectivity index (χ2v) is 8.61. The molecule has 0 spiro atoms. The smallest absolute Gasteiger partial charge is 0.407 e. The first-order valence-electron chi connectivity index (χ1n) is 11.0. The Morgan fingerprint density at radius 2 is 1.64 bits per heavy atom. The number of amides is 2. The van der Waals surface area contributed by atoms with Crippen molar-refractivity contribution in [3.63, 3.8) is 0 Å². The minimum atomic E-state index is -1.71. The maximum Gasteiger partial charge on any atom is 0.407 e. The average molecular weight is 455 g/mol. The summed E-state index contributed by atoms with van der Waals surface area (Å²) in [4.78, 5) is 35.5. The van der Waals surface area contributed by atoms with E-state index in [0.29, 0.717) is 12.8 Å². The van der Waals surface area contributed by atoms with Crippen LogP contribution >= 0.6 is 0 Å². The maximum absolute atomic E-state index is 12.3. The number of nitrogens with one attached hydrogen (secondary N) is 2.